The van der Waals surface area contributed by atoms with Gasteiger partial charge < -0.3 is 16.8 Å². The molecule has 0 spiro atoms. The Labute approximate surface area is 163 Å². The van der Waals surface area contributed by atoms with E-state index in [0.717, 1.165) is 17.5 Å². The number of hydrogen-bond acceptors (Lipinski definition) is 6. The van der Waals surface area contributed by atoms with Crippen molar-refractivity contribution >= 4 is 28.8 Å². The highest BCUT2D eigenvalue weighted by atomic mass is 16.1. The van der Waals surface area contributed by atoms with Crippen molar-refractivity contribution in [2.75, 3.05) is 5.73 Å². The normalized spacial score (nSPS) is 17.0. The van der Waals surface area contributed by atoms with Crippen LogP contribution in [0.25, 0.3) is 5.70 Å². The van der Waals surface area contributed by atoms with E-state index in [1.807, 2.05) is 38.1 Å². The van der Waals surface area contributed by atoms with Crippen LogP contribution in [0.15, 0.2) is 58.4 Å². The van der Waals surface area contributed by atoms with E-state index in [4.69, 9.17) is 11.5 Å². The van der Waals surface area contributed by atoms with E-state index in [0.29, 0.717) is 22.6 Å². The molecule has 0 saturated carbocycles. The van der Waals surface area contributed by atoms with Crippen molar-refractivity contribution in [3.63, 3.8) is 0 Å². The number of azo groups is 1. The molecule has 0 saturated heterocycles. The molecule has 2 aromatic rings. The molecular weight excluding hydrogens is 354 g/mol. The maximum absolute atomic E-state index is 12.2. The SMILES string of the molecule is CC(=O)c1ccc(N=NC(C(N)=O)=C2NC(C)(C)Cc3ccccc32)c(N)c1. The molecule has 144 valence electrons. The number of nitrogens with one attached hydrogen (secondary N) is 1. The lowest BCUT2D eigenvalue weighted by Crippen LogP contribution is -2.44. The fourth-order valence-electron chi connectivity index (χ4n) is 3.22. The summed E-state index contributed by atoms with van der Waals surface area (Å²) in [6.07, 6.45) is 0.801. The van der Waals surface area contributed by atoms with Gasteiger partial charge in [-0.15, -0.1) is 10.2 Å². The van der Waals surface area contributed by atoms with Crippen LogP contribution < -0.4 is 16.8 Å². The summed E-state index contributed by atoms with van der Waals surface area (Å²) in [6, 6.07) is 12.5. The second-order valence-corrected chi connectivity index (χ2v) is 7.46. The molecule has 1 amide bonds. The molecule has 0 fully saturated rings. The Hall–Kier alpha value is -3.48. The van der Waals surface area contributed by atoms with E-state index in [1.165, 1.54) is 13.0 Å². The number of hydrogen-bond donors (Lipinski definition) is 3. The van der Waals surface area contributed by atoms with E-state index in [1.54, 1.807) is 12.1 Å². The highest BCUT2D eigenvalue weighted by Gasteiger charge is 2.30. The van der Waals surface area contributed by atoms with Crippen LogP contribution >= 0.6 is 0 Å². The lowest BCUT2D eigenvalue weighted by atomic mass is 9.85. The van der Waals surface area contributed by atoms with Crippen molar-refractivity contribution in [1.82, 2.24) is 5.32 Å². The molecule has 5 N–H and O–H groups in total. The Morgan fingerprint density at radius 1 is 1.14 bits per heavy atom. The van der Waals surface area contributed by atoms with Crippen LogP contribution in [0, 0.1) is 0 Å². The largest absolute Gasteiger partial charge is 0.397 e. The summed E-state index contributed by atoms with van der Waals surface area (Å²) in [4.78, 5) is 23.6. The Kier molecular flexibility index (Phi) is 5.00. The zero-order chi connectivity index (χ0) is 20.5. The van der Waals surface area contributed by atoms with Gasteiger partial charge in [0.2, 0.25) is 0 Å². The topological polar surface area (TPSA) is 123 Å². The standard InChI is InChI=1S/C21H23N5O2/c1-12(27)13-8-9-17(16(22)10-13)25-26-19(20(23)28)18-15-7-5-4-6-14(15)11-21(2,3)24-18/h4-10,24H,11,22H2,1-3H3,(H2,23,28). The predicted octanol–water partition coefficient (Wildman–Crippen LogP) is 3.33. The van der Waals surface area contributed by atoms with Gasteiger partial charge in [0, 0.05) is 16.7 Å². The quantitative estimate of drug-likeness (QED) is 0.327. The average Bonchev–Trinajstić information content (AvgIpc) is 2.61. The van der Waals surface area contributed by atoms with Crippen molar-refractivity contribution in [3.05, 3.63) is 64.9 Å². The van der Waals surface area contributed by atoms with Gasteiger partial charge in [-0.25, -0.2) is 0 Å². The highest BCUT2D eigenvalue weighted by molar-refractivity contribution is 6.00. The minimum Gasteiger partial charge on any atom is -0.397 e. The van der Waals surface area contributed by atoms with Gasteiger partial charge in [0.25, 0.3) is 5.91 Å². The minimum absolute atomic E-state index is 0.0234. The molecule has 7 nitrogen and oxygen atoms in total. The molecule has 0 aromatic heterocycles. The van der Waals surface area contributed by atoms with Gasteiger partial charge in [-0.05, 0) is 51.0 Å². The summed E-state index contributed by atoms with van der Waals surface area (Å²) in [7, 11) is 0. The first-order valence-electron chi connectivity index (χ1n) is 8.91. The van der Waals surface area contributed by atoms with Crippen molar-refractivity contribution in [3.8, 4) is 0 Å². The van der Waals surface area contributed by atoms with Crippen LogP contribution in [0.5, 0.6) is 0 Å². The third-order valence-corrected chi connectivity index (χ3v) is 4.54. The number of Topliss-reactive ketones (excluding diaryl/α,β-unsaturated/α-hetero) is 1. The molecule has 1 aliphatic rings. The van der Waals surface area contributed by atoms with Crippen LogP contribution in [0.4, 0.5) is 11.4 Å². The molecule has 28 heavy (non-hydrogen) atoms. The molecule has 2 aromatic carbocycles. The van der Waals surface area contributed by atoms with Gasteiger partial charge in [-0.2, -0.15) is 0 Å². The number of ketones is 1. The first-order valence-corrected chi connectivity index (χ1v) is 8.91. The predicted molar refractivity (Wildman–Crippen MR) is 109 cm³/mol. The molecule has 1 aliphatic heterocycles. The number of carbonyl (C=O) groups is 2. The van der Waals surface area contributed by atoms with Gasteiger partial charge in [-0.3, -0.25) is 9.59 Å². The lowest BCUT2D eigenvalue weighted by molar-refractivity contribution is -0.114. The summed E-state index contributed by atoms with van der Waals surface area (Å²) >= 11 is 0. The third kappa shape index (κ3) is 3.93. The van der Waals surface area contributed by atoms with Gasteiger partial charge >= 0.3 is 0 Å². The number of anilines is 1. The molecule has 0 radical (unpaired) electrons. The minimum atomic E-state index is -0.697. The highest BCUT2D eigenvalue weighted by Crippen LogP contribution is 2.32. The Morgan fingerprint density at radius 2 is 1.86 bits per heavy atom. The first kappa shape index (κ1) is 19.3. The van der Waals surface area contributed by atoms with Crippen LogP contribution in [-0.4, -0.2) is 17.2 Å². The molecule has 0 aliphatic carbocycles. The van der Waals surface area contributed by atoms with Crippen molar-refractivity contribution < 1.29 is 9.59 Å². The maximum atomic E-state index is 12.2. The Morgan fingerprint density at radius 3 is 2.50 bits per heavy atom. The van der Waals surface area contributed by atoms with Gasteiger partial charge in [-0.1, -0.05) is 24.3 Å². The van der Waals surface area contributed by atoms with Crippen LogP contribution in [-0.2, 0) is 11.2 Å². The summed E-state index contributed by atoms with van der Waals surface area (Å²) < 4.78 is 0. The fourth-order valence-corrected chi connectivity index (χ4v) is 3.22. The molecule has 7 heteroatoms. The van der Waals surface area contributed by atoms with Crippen molar-refractivity contribution in [2.24, 2.45) is 16.0 Å². The molecule has 1 heterocycles. The number of carbonyl (C=O) groups excluding carboxylic acids is 2. The molecule has 3 rings (SSSR count). The van der Waals surface area contributed by atoms with E-state index in [2.05, 4.69) is 15.5 Å². The summed E-state index contributed by atoms with van der Waals surface area (Å²) in [6.45, 7) is 5.54. The van der Waals surface area contributed by atoms with Crippen molar-refractivity contribution in [1.29, 1.82) is 0 Å². The smallest absolute Gasteiger partial charge is 0.271 e. The zero-order valence-corrected chi connectivity index (χ0v) is 16.1. The molecular formula is C21H23N5O2. The van der Waals surface area contributed by atoms with E-state index in [-0.39, 0.29) is 17.0 Å². The number of primary amides is 1. The Balaban J connectivity index is 2.08. The van der Waals surface area contributed by atoms with Crippen LogP contribution in [0.3, 0.4) is 0 Å². The maximum Gasteiger partial charge on any atom is 0.271 e. The van der Waals surface area contributed by atoms with Gasteiger partial charge in [0.15, 0.2) is 11.5 Å². The summed E-state index contributed by atoms with van der Waals surface area (Å²) in [5, 5.41) is 11.6. The molecule has 0 unspecified atom stereocenters. The van der Waals surface area contributed by atoms with E-state index < -0.39 is 5.91 Å². The monoisotopic (exact) mass is 377 g/mol. The molecule has 0 bridgehead atoms. The fraction of sp³-hybridized carbons (Fsp3) is 0.238. The number of nitrogens with two attached hydrogens (primary N) is 2. The zero-order valence-electron chi connectivity index (χ0n) is 16.1. The average molecular weight is 377 g/mol. The van der Waals surface area contributed by atoms with Crippen LogP contribution in [0.1, 0.15) is 42.3 Å². The van der Waals surface area contributed by atoms with E-state index in [9.17, 15) is 9.59 Å². The first-order chi connectivity index (χ1) is 13.2. The number of nitrogen functional groups attached to an aromatic ring is 1. The number of amides is 1. The second kappa shape index (κ2) is 7.26. The second-order valence-electron chi connectivity index (χ2n) is 7.46. The third-order valence-electron chi connectivity index (χ3n) is 4.54. The van der Waals surface area contributed by atoms with Gasteiger partial charge in [0.1, 0.15) is 5.69 Å². The number of benzene rings is 2. The Bertz CT molecular complexity index is 1020. The summed E-state index contributed by atoms with van der Waals surface area (Å²) in [5.74, 6) is -0.793. The number of nitrogens with zero attached hydrogens (tertiary/aromatic N) is 2. The summed E-state index contributed by atoms with van der Waals surface area (Å²) in [5.41, 5.74) is 15.0. The lowest BCUT2D eigenvalue weighted by Gasteiger charge is -2.35. The van der Waals surface area contributed by atoms with Crippen LogP contribution in [0.2, 0.25) is 0 Å². The van der Waals surface area contributed by atoms with Crippen molar-refractivity contribution in [2.45, 2.75) is 32.7 Å². The number of fused-ring (bicyclic) bond motifs is 1. The van der Waals surface area contributed by atoms with Gasteiger partial charge in [0.05, 0.1) is 11.4 Å². The molecule has 0 atom stereocenters. The number of rotatable bonds is 4. The van der Waals surface area contributed by atoms with E-state index >= 15 is 0 Å².